The predicted molar refractivity (Wildman–Crippen MR) is 137 cm³/mol. The number of nitrogens with one attached hydrogen (secondary N) is 1. The Balaban J connectivity index is 2.19. The number of sulfonamides is 1. The van der Waals surface area contributed by atoms with Crippen molar-refractivity contribution in [1.29, 1.82) is 0 Å². The Morgan fingerprint density at radius 3 is 2.31 bits per heavy atom. The molecule has 18 heteroatoms. The fourth-order valence-corrected chi connectivity index (χ4v) is 6.32. The van der Waals surface area contributed by atoms with E-state index in [9.17, 15) is 49.5 Å². The maximum atomic E-state index is 14.1. The molecule has 234 valence electrons. The average molecular weight is 630 g/mol. The van der Waals surface area contributed by atoms with Crippen molar-refractivity contribution >= 4 is 33.4 Å². The van der Waals surface area contributed by atoms with Gasteiger partial charge in [-0.05, 0) is 45.9 Å². The summed E-state index contributed by atoms with van der Waals surface area (Å²) < 4.78 is 116. The zero-order valence-corrected chi connectivity index (χ0v) is 23.9. The highest BCUT2D eigenvalue weighted by molar-refractivity contribution is 7.93. The van der Waals surface area contributed by atoms with E-state index in [1.807, 2.05) is 0 Å². The summed E-state index contributed by atoms with van der Waals surface area (Å²) in [6.45, 7) is 3.69. The Morgan fingerprint density at radius 2 is 1.79 bits per heavy atom. The first-order valence-corrected chi connectivity index (χ1v) is 13.8. The number of amides is 2. The number of aryl methyl sites for hydroxylation is 2. The van der Waals surface area contributed by atoms with Gasteiger partial charge >= 0.3 is 18.4 Å². The van der Waals surface area contributed by atoms with Crippen LogP contribution in [0.3, 0.4) is 0 Å². The number of rotatable bonds is 8. The van der Waals surface area contributed by atoms with Gasteiger partial charge < -0.3 is 15.2 Å². The topological polar surface area (TPSA) is 134 Å². The van der Waals surface area contributed by atoms with Crippen LogP contribution in [0.2, 0.25) is 0 Å². The van der Waals surface area contributed by atoms with Gasteiger partial charge in [0.05, 0.1) is 42.3 Å². The third-order valence-electron chi connectivity index (χ3n) is 6.63. The third kappa shape index (κ3) is 6.52. The van der Waals surface area contributed by atoms with Gasteiger partial charge in [0.15, 0.2) is 0 Å². The number of alkyl halides is 6. The smallest absolute Gasteiger partial charge is 0.412 e. The van der Waals surface area contributed by atoms with Gasteiger partial charge in [-0.15, -0.1) is 0 Å². The van der Waals surface area contributed by atoms with E-state index in [1.54, 1.807) is 0 Å². The molecule has 42 heavy (non-hydrogen) atoms. The molecule has 0 fully saturated rings. The Kier molecular flexibility index (Phi) is 8.73. The molecule has 1 aliphatic rings. The zero-order chi connectivity index (χ0) is 32.0. The molecular weight excluding hydrogens is 600 g/mol. The summed E-state index contributed by atoms with van der Waals surface area (Å²) >= 11 is 0. The summed E-state index contributed by atoms with van der Waals surface area (Å²) in [5.41, 5.74) is -4.04. The van der Waals surface area contributed by atoms with Crippen LogP contribution >= 0.6 is 0 Å². The van der Waals surface area contributed by atoms with Crippen LogP contribution in [-0.4, -0.2) is 72.4 Å². The summed E-state index contributed by atoms with van der Waals surface area (Å²) in [6, 6.07) is 3.02. The summed E-state index contributed by atoms with van der Waals surface area (Å²) in [6.07, 6.45) is -13.8. The number of nitrogens with zero attached hydrogens (tertiary/aromatic N) is 4. The highest BCUT2D eigenvalue weighted by Crippen LogP contribution is 2.44. The van der Waals surface area contributed by atoms with Gasteiger partial charge in [0, 0.05) is 13.5 Å². The quantitative estimate of drug-likeness (QED) is 0.415. The van der Waals surface area contributed by atoms with E-state index in [1.165, 1.54) is 20.8 Å². The second-order valence-electron chi connectivity index (χ2n) is 10.1. The third-order valence-corrected chi connectivity index (χ3v) is 8.66. The van der Waals surface area contributed by atoms with Crippen molar-refractivity contribution in [2.75, 3.05) is 22.3 Å². The van der Waals surface area contributed by atoms with Crippen LogP contribution in [0, 0.1) is 13.8 Å². The standard InChI is InChI=1S/C24H29F6N5O6S/c1-13-20(14(2)33(32-13)9-8-23(25,26)27)42(39,40)34-12-17(11-31-15(3)36)41-19-7-6-16(10-18(19)34)35(21(37)38)22(4,5)24(28,29)30/h6-7,10,17H,8-9,11-12H2,1-5H3,(H,31,36)(H,37,38)/t17-/m0/s1. The Morgan fingerprint density at radius 1 is 1.17 bits per heavy atom. The molecule has 0 saturated carbocycles. The fraction of sp³-hybridized carbons (Fsp3) is 0.542. The number of carbonyl (C=O) groups excluding carboxylic acids is 1. The first kappa shape index (κ1) is 32.8. The summed E-state index contributed by atoms with van der Waals surface area (Å²) in [5.74, 6) is -0.614. The van der Waals surface area contributed by atoms with Crippen LogP contribution < -0.4 is 19.3 Å². The largest absolute Gasteiger partial charge is 0.484 e. The van der Waals surface area contributed by atoms with Gasteiger partial charge in [-0.1, -0.05) is 0 Å². The lowest BCUT2D eigenvalue weighted by molar-refractivity contribution is -0.175. The van der Waals surface area contributed by atoms with Gasteiger partial charge in [0.2, 0.25) is 5.91 Å². The average Bonchev–Trinajstić information content (AvgIpc) is 3.12. The number of halogens is 6. The molecule has 2 heterocycles. The van der Waals surface area contributed by atoms with Gasteiger partial charge in [-0.25, -0.2) is 13.2 Å². The van der Waals surface area contributed by atoms with E-state index < -0.39 is 76.1 Å². The minimum atomic E-state index is -5.02. The Hall–Kier alpha value is -3.70. The van der Waals surface area contributed by atoms with Crippen molar-refractivity contribution < 1.29 is 54.2 Å². The molecule has 0 aliphatic carbocycles. The maximum Gasteiger partial charge on any atom is 0.412 e. The van der Waals surface area contributed by atoms with Crippen molar-refractivity contribution in [2.24, 2.45) is 0 Å². The number of hydrogen-bond donors (Lipinski definition) is 2. The number of fused-ring (bicyclic) bond motifs is 1. The van der Waals surface area contributed by atoms with Gasteiger partial charge in [0.1, 0.15) is 22.3 Å². The van der Waals surface area contributed by atoms with E-state index in [2.05, 4.69) is 10.4 Å². The molecule has 0 unspecified atom stereocenters. The molecule has 2 aromatic rings. The first-order chi connectivity index (χ1) is 19.1. The van der Waals surface area contributed by atoms with Crippen LogP contribution in [0.1, 0.15) is 38.6 Å². The summed E-state index contributed by atoms with van der Waals surface area (Å²) in [7, 11) is -4.68. The molecule has 0 spiro atoms. The van der Waals surface area contributed by atoms with Crippen LogP contribution in [-0.2, 0) is 21.4 Å². The highest BCUT2D eigenvalue weighted by Gasteiger charge is 2.54. The molecule has 3 rings (SSSR count). The SMILES string of the molecule is CC(=O)NC[C@H]1CN(S(=O)(=O)c2c(C)nn(CCC(F)(F)F)c2C)c2cc(N(C(=O)O)C(C)(C)C(F)(F)F)ccc2O1. The number of carboxylic acid groups (broad SMARTS) is 1. The fourth-order valence-electron chi connectivity index (χ4n) is 4.44. The van der Waals surface area contributed by atoms with E-state index in [-0.39, 0.29) is 34.3 Å². The van der Waals surface area contributed by atoms with Crippen LogP contribution in [0.5, 0.6) is 5.75 Å². The summed E-state index contributed by atoms with van der Waals surface area (Å²) in [5, 5.41) is 16.1. The zero-order valence-electron chi connectivity index (χ0n) is 23.1. The first-order valence-electron chi connectivity index (χ1n) is 12.4. The van der Waals surface area contributed by atoms with Gasteiger partial charge in [0.25, 0.3) is 10.0 Å². The molecule has 2 N–H and O–H groups in total. The molecule has 0 radical (unpaired) electrons. The molecule has 1 atom stereocenters. The predicted octanol–water partition coefficient (Wildman–Crippen LogP) is 4.37. The van der Waals surface area contributed by atoms with E-state index in [4.69, 9.17) is 4.74 Å². The minimum Gasteiger partial charge on any atom is -0.484 e. The molecule has 1 aliphatic heterocycles. The molecule has 1 aromatic carbocycles. The molecular formula is C24H29F6N5O6S. The molecule has 0 bridgehead atoms. The summed E-state index contributed by atoms with van der Waals surface area (Å²) in [4.78, 5) is 23.1. The second-order valence-corrected chi connectivity index (χ2v) is 11.9. The second kappa shape index (κ2) is 11.2. The van der Waals surface area contributed by atoms with E-state index >= 15 is 0 Å². The van der Waals surface area contributed by atoms with Crippen molar-refractivity contribution in [3.63, 3.8) is 0 Å². The molecule has 1 aromatic heterocycles. The van der Waals surface area contributed by atoms with Crippen LogP contribution in [0.15, 0.2) is 23.1 Å². The number of benzene rings is 1. The van der Waals surface area contributed by atoms with E-state index in [0.717, 1.165) is 27.2 Å². The Labute approximate surface area is 237 Å². The van der Waals surface area contributed by atoms with Crippen molar-refractivity contribution in [3.05, 3.63) is 29.6 Å². The highest BCUT2D eigenvalue weighted by atomic mass is 32.2. The number of aromatic nitrogens is 2. The van der Waals surface area contributed by atoms with E-state index in [0.29, 0.717) is 13.8 Å². The Bertz CT molecular complexity index is 1470. The van der Waals surface area contributed by atoms with Crippen LogP contribution in [0.4, 0.5) is 42.5 Å². The van der Waals surface area contributed by atoms with Crippen LogP contribution in [0.25, 0.3) is 0 Å². The lowest BCUT2D eigenvalue weighted by atomic mass is 10.0. The van der Waals surface area contributed by atoms with Crippen molar-refractivity contribution in [2.45, 2.75) is 76.5 Å². The lowest BCUT2D eigenvalue weighted by Crippen LogP contribution is -2.57. The lowest BCUT2D eigenvalue weighted by Gasteiger charge is -2.39. The van der Waals surface area contributed by atoms with Crippen molar-refractivity contribution in [1.82, 2.24) is 15.1 Å². The number of carbonyl (C=O) groups is 2. The minimum absolute atomic E-state index is 0.0349. The number of hydrogen-bond acceptors (Lipinski definition) is 6. The number of anilines is 2. The maximum absolute atomic E-state index is 14.1. The van der Waals surface area contributed by atoms with Gasteiger partial charge in [-0.2, -0.15) is 31.4 Å². The molecule has 0 saturated heterocycles. The van der Waals surface area contributed by atoms with Gasteiger partial charge in [-0.3, -0.25) is 18.7 Å². The molecule has 2 amide bonds. The number of ether oxygens (including phenoxy) is 1. The normalized spacial score (nSPS) is 16.1. The van der Waals surface area contributed by atoms with Crippen molar-refractivity contribution in [3.8, 4) is 5.75 Å². The molecule has 11 nitrogen and oxygen atoms in total. The monoisotopic (exact) mass is 629 g/mol.